The smallest absolute Gasteiger partial charge is 0.186 e. The van der Waals surface area contributed by atoms with Crippen molar-refractivity contribution in [3.05, 3.63) is 12.7 Å². The van der Waals surface area contributed by atoms with Gasteiger partial charge in [0, 0.05) is 7.11 Å². The number of hydrogen-bond donors (Lipinski definition) is 2. The first-order valence-electron chi connectivity index (χ1n) is 4.44. The third-order valence-electron chi connectivity index (χ3n) is 2.11. The Bertz CT molecular complexity index is 182. The molecule has 5 nitrogen and oxygen atoms in total. The van der Waals surface area contributed by atoms with Crippen LogP contribution >= 0.6 is 0 Å². The van der Waals surface area contributed by atoms with Gasteiger partial charge in [0.15, 0.2) is 6.29 Å². The maximum absolute atomic E-state index is 9.66. The Morgan fingerprint density at radius 1 is 1.57 bits per heavy atom. The highest BCUT2D eigenvalue weighted by molar-refractivity contribution is 4.88. The van der Waals surface area contributed by atoms with E-state index in [0.29, 0.717) is 6.61 Å². The Morgan fingerprint density at radius 2 is 2.29 bits per heavy atom. The Hall–Kier alpha value is -0.460. The molecule has 0 amide bonds. The molecule has 0 saturated carbocycles. The number of rotatable bonds is 5. The van der Waals surface area contributed by atoms with Crippen molar-refractivity contribution >= 4 is 0 Å². The van der Waals surface area contributed by atoms with Crippen molar-refractivity contribution in [2.45, 2.75) is 24.6 Å². The van der Waals surface area contributed by atoms with Gasteiger partial charge in [0.25, 0.3) is 0 Å². The predicted molar refractivity (Wildman–Crippen MR) is 48.7 cm³/mol. The second-order valence-electron chi connectivity index (χ2n) is 3.04. The van der Waals surface area contributed by atoms with Crippen molar-refractivity contribution in [3.63, 3.8) is 0 Å². The molecule has 0 aliphatic carbocycles. The van der Waals surface area contributed by atoms with Gasteiger partial charge >= 0.3 is 0 Å². The van der Waals surface area contributed by atoms with Crippen molar-refractivity contribution in [1.82, 2.24) is 0 Å². The van der Waals surface area contributed by atoms with Crippen LogP contribution in [0.5, 0.6) is 0 Å². The third-order valence-corrected chi connectivity index (χ3v) is 2.11. The van der Waals surface area contributed by atoms with Crippen LogP contribution in [0.25, 0.3) is 0 Å². The highest BCUT2D eigenvalue weighted by atomic mass is 16.7. The van der Waals surface area contributed by atoms with Crippen molar-refractivity contribution in [2.75, 3.05) is 20.3 Å². The van der Waals surface area contributed by atoms with Crippen LogP contribution in [0.4, 0.5) is 0 Å². The van der Waals surface area contributed by atoms with Crippen LogP contribution in [0.15, 0.2) is 12.7 Å². The molecule has 0 spiro atoms. The van der Waals surface area contributed by atoms with Gasteiger partial charge in [-0.05, 0) is 0 Å². The lowest BCUT2D eigenvalue weighted by molar-refractivity contribution is -0.153. The minimum atomic E-state index is -0.878. The molecule has 1 heterocycles. The average Bonchev–Trinajstić information content (AvgIpc) is 2.52. The van der Waals surface area contributed by atoms with Crippen LogP contribution in [0.3, 0.4) is 0 Å². The number of methoxy groups -OCH3 is 1. The number of hydrogen-bond acceptors (Lipinski definition) is 5. The van der Waals surface area contributed by atoms with Crippen LogP contribution in [-0.2, 0) is 14.2 Å². The van der Waals surface area contributed by atoms with Crippen LogP contribution in [0.1, 0.15) is 0 Å². The monoisotopic (exact) mass is 204 g/mol. The molecule has 14 heavy (non-hydrogen) atoms. The van der Waals surface area contributed by atoms with E-state index in [0.717, 1.165) is 0 Å². The zero-order valence-electron chi connectivity index (χ0n) is 8.13. The summed E-state index contributed by atoms with van der Waals surface area (Å²) in [6.45, 7) is 3.59. The van der Waals surface area contributed by atoms with Crippen molar-refractivity contribution < 1.29 is 24.4 Å². The predicted octanol–water partition coefficient (Wildman–Crippen LogP) is -0.718. The summed E-state index contributed by atoms with van der Waals surface area (Å²) in [5, 5.41) is 18.6. The van der Waals surface area contributed by atoms with Crippen molar-refractivity contribution in [2.24, 2.45) is 0 Å². The molecule has 0 aromatic rings. The summed E-state index contributed by atoms with van der Waals surface area (Å²) < 4.78 is 15.3. The van der Waals surface area contributed by atoms with E-state index in [-0.39, 0.29) is 6.61 Å². The molecule has 2 N–H and O–H groups in total. The summed E-state index contributed by atoms with van der Waals surface area (Å²) in [6.07, 6.45) is -1.15. The van der Waals surface area contributed by atoms with E-state index in [1.807, 2.05) is 0 Å². The van der Waals surface area contributed by atoms with Crippen molar-refractivity contribution in [3.8, 4) is 0 Å². The molecule has 0 bridgehead atoms. The fourth-order valence-corrected chi connectivity index (χ4v) is 1.43. The van der Waals surface area contributed by atoms with Gasteiger partial charge in [0.05, 0.1) is 13.2 Å². The molecule has 0 aromatic carbocycles. The first-order chi connectivity index (χ1) is 6.74. The van der Waals surface area contributed by atoms with E-state index in [1.165, 1.54) is 7.11 Å². The number of aliphatic hydroxyl groups is 2. The SMILES string of the molecule is C=CCO[C@H]1[C@H](O)[C@@H](OC)O[C@@H]1CO. The Balaban J connectivity index is 2.55. The molecule has 4 atom stereocenters. The molecular formula is C9H16O5. The molecule has 5 heteroatoms. The minimum absolute atomic E-state index is 0.210. The number of aliphatic hydroxyl groups excluding tert-OH is 2. The molecule has 1 fully saturated rings. The van der Waals surface area contributed by atoms with Gasteiger partial charge in [-0.3, -0.25) is 0 Å². The molecule has 0 radical (unpaired) electrons. The average molecular weight is 204 g/mol. The fraction of sp³-hybridized carbons (Fsp3) is 0.778. The lowest BCUT2D eigenvalue weighted by Crippen LogP contribution is -2.37. The molecule has 1 aliphatic rings. The maximum Gasteiger partial charge on any atom is 0.186 e. The summed E-state index contributed by atoms with van der Waals surface area (Å²) in [5.41, 5.74) is 0. The zero-order valence-corrected chi connectivity index (χ0v) is 8.13. The summed E-state index contributed by atoms with van der Waals surface area (Å²) in [7, 11) is 1.43. The first kappa shape index (κ1) is 11.6. The topological polar surface area (TPSA) is 68.2 Å². The second kappa shape index (κ2) is 5.43. The standard InChI is InChI=1S/C9H16O5/c1-3-4-13-8-6(5-10)14-9(12-2)7(8)11/h3,6-11H,1,4-5H2,2H3/t6-,7+,8-,9+/m1/s1. The van der Waals surface area contributed by atoms with Gasteiger partial charge in [0.2, 0.25) is 0 Å². The van der Waals surface area contributed by atoms with Crippen LogP contribution in [0.2, 0.25) is 0 Å². The molecule has 1 rings (SSSR count). The van der Waals surface area contributed by atoms with Gasteiger partial charge in [-0.2, -0.15) is 0 Å². The van der Waals surface area contributed by atoms with Gasteiger partial charge in [-0.15, -0.1) is 6.58 Å². The highest BCUT2D eigenvalue weighted by Gasteiger charge is 2.44. The quantitative estimate of drug-likeness (QED) is 0.579. The molecule has 1 saturated heterocycles. The molecule has 1 aliphatic heterocycles. The summed E-state index contributed by atoms with van der Waals surface area (Å²) in [6, 6.07) is 0. The van der Waals surface area contributed by atoms with E-state index >= 15 is 0 Å². The number of ether oxygens (including phenoxy) is 3. The molecule has 82 valence electrons. The normalized spacial score (nSPS) is 37.4. The van der Waals surface area contributed by atoms with E-state index < -0.39 is 24.6 Å². The molecular weight excluding hydrogens is 188 g/mol. The summed E-state index contributed by atoms with van der Waals surface area (Å²) >= 11 is 0. The summed E-state index contributed by atoms with van der Waals surface area (Å²) in [4.78, 5) is 0. The first-order valence-corrected chi connectivity index (χ1v) is 4.44. The Morgan fingerprint density at radius 3 is 2.79 bits per heavy atom. The Kier molecular flexibility index (Phi) is 4.50. The van der Waals surface area contributed by atoms with Gasteiger partial charge in [-0.1, -0.05) is 6.08 Å². The highest BCUT2D eigenvalue weighted by Crippen LogP contribution is 2.24. The molecule has 0 aromatic heterocycles. The minimum Gasteiger partial charge on any atom is -0.394 e. The Labute approximate surface area is 82.9 Å². The zero-order chi connectivity index (χ0) is 10.6. The van der Waals surface area contributed by atoms with Crippen LogP contribution in [-0.4, -0.2) is 55.1 Å². The lowest BCUT2D eigenvalue weighted by atomic mass is 10.1. The maximum atomic E-state index is 9.66. The van der Waals surface area contributed by atoms with Gasteiger partial charge in [0.1, 0.15) is 18.3 Å². The second-order valence-corrected chi connectivity index (χ2v) is 3.04. The van der Waals surface area contributed by atoms with E-state index in [4.69, 9.17) is 19.3 Å². The van der Waals surface area contributed by atoms with E-state index in [2.05, 4.69) is 6.58 Å². The lowest BCUT2D eigenvalue weighted by Gasteiger charge is -2.18. The van der Waals surface area contributed by atoms with E-state index in [1.54, 1.807) is 6.08 Å². The van der Waals surface area contributed by atoms with E-state index in [9.17, 15) is 5.11 Å². The largest absolute Gasteiger partial charge is 0.394 e. The third kappa shape index (κ3) is 2.31. The summed E-state index contributed by atoms with van der Waals surface area (Å²) in [5.74, 6) is 0. The fourth-order valence-electron chi connectivity index (χ4n) is 1.43. The van der Waals surface area contributed by atoms with Crippen molar-refractivity contribution in [1.29, 1.82) is 0 Å². The molecule has 0 unspecified atom stereocenters. The van der Waals surface area contributed by atoms with Crippen LogP contribution in [0, 0.1) is 0 Å². The van der Waals surface area contributed by atoms with Gasteiger partial charge in [-0.25, -0.2) is 0 Å². The van der Waals surface area contributed by atoms with Crippen LogP contribution < -0.4 is 0 Å². The van der Waals surface area contributed by atoms with Gasteiger partial charge < -0.3 is 24.4 Å².